The predicted octanol–water partition coefficient (Wildman–Crippen LogP) is 1.03. The molecule has 0 aliphatic carbocycles. The molecule has 0 amide bonds. The van der Waals surface area contributed by atoms with Crippen molar-refractivity contribution in [3.63, 3.8) is 0 Å². The lowest BCUT2D eigenvalue weighted by molar-refractivity contribution is -0.143. The highest BCUT2D eigenvalue weighted by Gasteiger charge is 2.31. The zero-order chi connectivity index (χ0) is 16.2. The van der Waals surface area contributed by atoms with Crippen molar-refractivity contribution in [2.24, 2.45) is 0 Å². The van der Waals surface area contributed by atoms with Crippen molar-refractivity contribution >= 4 is 33.3 Å². The van der Waals surface area contributed by atoms with Crippen LogP contribution in [0.1, 0.15) is 22.2 Å². The summed E-state index contributed by atoms with van der Waals surface area (Å²) in [5.41, 5.74) is 0.427. The van der Waals surface area contributed by atoms with Gasteiger partial charge in [0, 0.05) is 7.05 Å². The number of aryl methyl sites for hydroxylation is 1. The van der Waals surface area contributed by atoms with E-state index in [0.29, 0.717) is 5.56 Å². The number of hydrogen-bond donors (Lipinski definition) is 0. The van der Waals surface area contributed by atoms with Crippen LogP contribution in [0.3, 0.4) is 0 Å². The Hall–Kier alpha value is -1.45. The highest BCUT2D eigenvalue weighted by atomic mass is 32.2. The lowest BCUT2D eigenvalue weighted by Crippen LogP contribution is -2.34. The summed E-state index contributed by atoms with van der Waals surface area (Å²) in [7, 11) is -1.55. The smallest absolute Gasteiger partial charge is 0.349 e. The summed E-state index contributed by atoms with van der Waals surface area (Å²) in [4.78, 5) is 22.9. The fourth-order valence-corrected chi connectivity index (χ4v) is 4.38. The topological polar surface area (TPSA) is 90.0 Å². The molecular weight excluding hydrogens is 318 g/mol. The molecule has 9 heteroatoms. The van der Waals surface area contributed by atoms with E-state index in [9.17, 15) is 18.0 Å². The van der Waals surface area contributed by atoms with Crippen molar-refractivity contribution in [3.05, 3.63) is 15.8 Å². The van der Waals surface area contributed by atoms with Crippen LogP contribution in [0.2, 0.25) is 0 Å². The third-order valence-electron chi connectivity index (χ3n) is 2.61. The predicted molar refractivity (Wildman–Crippen MR) is 76.8 cm³/mol. The molecule has 1 aromatic heterocycles. The van der Waals surface area contributed by atoms with Gasteiger partial charge < -0.3 is 9.47 Å². The fourth-order valence-electron chi connectivity index (χ4n) is 1.62. The van der Waals surface area contributed by atoms with Crippen LogP contribution in [0, 0.1) is 6.92 Å². The van der Waals surface area contributed by atoms with Gasteiger partial charge in [-0.3, -0.25) is 4.79 Å². The largest absolute Gasteiger partial charge is 0.465 e. The number of rotatable bonds is 6. The number of thiophene rings is 1. The van der Waals surface area contributed by atoms with Gasteiger partial charge in [-0.1, -0.05) is 0 Å². The van der Waals surface area contributed by atoms with E-state index in [1.165, 1.54) is 14.2 Å². The Balaban J connectivity index is 3.16. The molecule has 0 bridgehead atoms. The van der Waals surface area contributed by atoms with E-state index >= 15 is 0 Å². The van der Waals surface area contributed by atoms with E-state index in [1.54, 1.807) is 19.2 Å². The number of ether oxygens (including phenoxy) is 2. The quantitative estimate of drug-likeness (QED) is 0.721. The average Bonchev–Trinajstić information content (AvgIpc) is 2.80. The minimum atomic E-state index is -3.98. The van der Waals surface area contributed by atoms with Gasteiger partial charge in [-0.15, -0.1) is 11.3 Å². The Morgan fingerprint density at radius 3 is 2.52 bits per heavy atom. The van der Waals surface area contributed by atoms with Gasteiger partial charge in [0.25, 0.3) is 0 Å². The number of likely N-dealkylation sites (N-methyl/N-ethyl adjacent to an activating group) is 1. The number of carbonyl (C=O) groups excluding carboxylic acids is 2. The maximum Gasteiger partial charge on any atom is 0.349 e. The van der Waals surface area contributed by atoms with Crippen molar-refractivity contribution in [1.82, 2.24) is 4.31 Å². The third kappa shape index (κ3) is 3.80. The molecule has 0 aliphatic rings. The first kappa shape index (κ1) is 17.6. The molecule has 0 spiro atoms. The number of esters is 2. The SMILES string of the molecule is CCOC(=O)CN(C)S(=O)(=O)c1c(C)csc1C(=O)OC. The maximum absolute atomic E-state index is 12.5. The summed E-state index contributed by atoms with van der Waals surface area (Å²) in [5.74, 6) is -1.38. The van der Waals surface area contributed by atoms with Crippen molar-refractivity contribution in [1.29, 1.82) is 0 Å². The Morgan fingerprint density at radius 1 is 1.38 bits per heavy atom. The molecule has 0 saturated carbocycles. The zero-order valence-corrected chi connectivity index (χ0v) is 13.8. The summed E-state index contributed by atoms with van der Waals surface area (Å²) < 4.78 is 35.2. The van der Waals surface area contributed by atoms with Crippen LogP contribution in [-0.4, -0.2) is 52.0 Å². The second kappa shape index (κ2) is 7.01. The first-order valence-corrected chi connectivity index (χ1v) is 8.36. The summed E-state index contributed by atoms with van der Waals surface area (Å²) >= 11 is 0.986. The molecule has 0 aromatic carbocycles. The van der Waals surface area contributed by atoms with Gasteiger partial charge in [0.2, 0.25) is 10.0 Å². The summed E-state index contributed by atoms with van der Waals surface area (Å²) in [6.07, 6.45) is 0. The minimum Gasteiger partial charge on any atom is -0.465 e. The fraction of sp³-hybridized carbons (Fsp3) is 0.500. The zero-order valence-electron chi connectivity index (χ0n) is 12.2. The molecule has 0 atom stereocenters. The van der Waals surface area contributed by atoms with Gasteiger partial charge in [-0.25, -0.2) is 13.2 Å². The molecule has 7 nitrogen and oxygen atoms in total. The van der Waals surface area contributed by atoms with Crippen molar-refractivity contribution < 1.29 is 27.5 Å². The maximum atomic E-state index is 12.5. The van der Waals surface area contributed by atoms with Gasteiger partial charge in [0.05, 0.1) is 13.7 Å². The van der Waals surface area contributed by atoms with Crippen molar-refractivity contribution in [2.45, 2.75) is 18.7 Å². The highest BCUT2D eigenvalue weighted by Crippen LogP contribution is 2.29. The molecule has 0 saturated heterocycles. The van der Waals surface area contributed by atoms with E-state index in [1.807, 2.05) is 0 Å². The van der Waals surface area contributed by atoms with E-state index in [-0.39, 0.29) is 16.4 Å². The van der Waals surface area contributed by atoms with Crippen molar-refractivity contribution in [3.8, 4) is 0 Å². The molecule has 0 fully saturated rings. The van der Waals surface area contributed by atoms with Crippen LogP contribution in [0.4, 0.5) is 0 Å². The summed E-state index contributed by atoms with van der Waals surface area (Å²) in [6, 6.07) is 0. The third-order valence-corrected chi connectivity index (χ3v) is 5.81. The molecule has 21 heavy (non-hydrogen) atoms. The Morgan fingerprint density at radius 2 is 2.00 bits per heavy atom. The molecular formula is C12H17NO6S2. The number of hydrogen-bond acceptors (Lipinski definition) is 7. The Kier molecular flexibility index (Phi) is 5.87. The molecule has 0 radical (unpaired) electrons. The first-order chi connectivity index (χ1) is 9.75. The second-order valence-corrected chi connectivity index (χ2v) is 7.00. The minimum absolute atomic E-state index is 0.00860. The highest BCUT2D eigenvalue weighted by molar-refractivity contribution is 7.89. The second-order valence-electron chi connectivity index (χ2n) is 4.13. The summed E-state index contributed by atoms with van der Waals surface area (Å²) in [5, 5.41) is 1.55. The number of methoxy groups -OCH3 is 1. The number of nitrogens with zero attached hydrogens (tertiary/aromatic N) is 1. The van der Waals surface area contributed by atoms with E-state index < -0.39 is 28.5 Å². The molecule has 1 aromatic rings. The molecule has 118 valence electrons. The normalized spacial score (nSPS) is 11.5. The lowest BCUT2D eigenvalue weighted by Gasteiger charge is -2.17. The van der Waals surface area contributed by atoms with Crippen LogP contribution >= 0.6 is 11.3 Å². The van der Waals surface area contributed by atoms with Crippen LogP contribution in [-0.2, 0) is 24.3 Å². The number of sulfonamides is 1. The first-order valence-electron chi connectivity index (χ1n) is 6.04. The molecule has 0 N–H and O–H groups in total. The summed E-state index contributed by atoms with van der Waals surface area (Å²) in [6.45, 7) is 2.95. The van der Waals surface area contributed by atoms with Gasteiger partial charge >= 0.3 is 11.9 Å². The van der Waals surface area contributed by atoms with Gasteiger partial charge in [-0.2, -0.15) is 4.31 Å². The van der Waals surface area contributed by atoms with Gasteiger partial charge in [0.15, 0.2) is 0 Å². The van der Waals surface area contributed by atoms with E-state index in [2.05, 4.69) is 4.74 Å². The lowest BCUT2D eigenvalue weighted by atomic mass is 10.3. The molecule has 1 heterocycles. The van der Waals surface area contributed by atoms with E-state index in [4.69, 9.17) is 4.74 Å². The standard InChI is InChI=1S/C12H17NO6S2/c1-5-19-9(14)6-13(3)21(16,17)11-8(2)7-20-10(11)12(15)18-4/h7H,5-6H2,1-4H3. The Bertz CT molecular complexity index is 634. The molecule has 0 aliphatic heterocycles. The van der Waals surface area contributed by atoms with Gasteiger partial charge in [0.1, 0.15) is 16.3 Å². The molecule has 0 unspecified atom stereocenters. The molecule has 1 rings (SSSR count). The van der Waals surface area contributed by atoms with Crippen molar-refractivity contribution in [2.75, 3.05) is 27.3 Å². The number of carbonyl (C=O) groups is 2. The monoisotopic (exact) mass is 335 g/mol. The van der Waals surface area contributed by atoms with Crippen LogP contribution in [0.15, 0.2) is 10.3 Å². The van der Waals surface area contributed by atoms with Crippen LogP contribution in [0.5, 0.6) is 0 Å². The van der Waals surface area contributed by atoms with E-state index in [0.717, 1.165) is 15.6 Å². The van der Waals surface area contributed by atoms with Crippen LogP contribution in [0.25, 0.3) is 0 Å². The van der Waals surface area contributed by atoms with Gasteiger partial charge in [-0.05, 0) is 24.8 Å². The Labute approximate surface area is 127 Å². The average molecular weight is 335 g/mol. The van der Waals surface area contributed by atoms with Crippen LogP contribution < -0.4 is 0 Å².